The molecule has 1 heterocycles. The standard InChI is InChI=1S/C18H17F3N2O3/c1-3-13-15(17(24)25-4-2)14(12(9-22)16(23)26-13)10-6-5-7-11(8-10)18(19,20)21/h5-8,14H,3-4,23H2,1-2H3/t14-/m0/s1. The first-order valence-electron chi connectivity index (χ1n) is 7.89. The zero-order valence-electron chi connectivity index (χ0n) is 14.2. The van der Waals surface area contributed by atoms with E-state index >= 15 is 0 Å². The highest BCUT2D eigenvalue weighted by Crippen LogP contribution is 2.42. The number of esters is 1. The summed E-state index contributed by atoms with van der Waals surface area (Å²) < 4.78 is 49.6. The maximum atomic E-state index is 13.1. The normalized spacial score (nSPS) is 17.6. The van der Waals surface area contributed by atoms with Crippen molar-refractivity contribution in [3.8, 4) is 6.07 Å². The number of nitriles is 1. The molecule has 2 N–H and O–H groups in total. The van der Waals surface area contributed by atoms with Gasteiger partial charge in [0.25, 0.3) is 0 Å². The van der Waals surface area contributed by atoms with Crippen LogP contribution in [0.4, 0.5) is 13.2 Å². The third-order valence-electron chi connectivity index (χ3n) is 3.86. The number of hydrogen-bond donors (Lipinski definition) is 1. The number of nitrogens with zero attached hydrogens (tertiary/aromatic N) is 1. The summed E-state index contributed by atoms with van der Waals surface area (Å²) >= 11 is 0. The fourth-order valence-corrected chi connectivity index (χ4v) is 2.74. The number of nitrogens with two attached hydrogens (primary N) is 1. The molecule has 1 aromatic rings. The van der Waals surface area contributed by atoms with Crippen molar-refractivity contribution in [1.29, 1.82) is 5.26 Å². The molecule has 138 valence electrons. The summed E-state index contributed by atoms with van der Waals surface area (Å²) in [5.41, 5.74) is 4.84. The maximum absolute atomic E-state index is 13.1. The van der Waals surface area contributed by atoms with Crippen LogP contribution in [0.3, 0.4) is 0 Å². The number of allylic oxidation sites excluding steroid dienone is 2. The lowest BCUT2D eigenvalue weighted by atomic mass is 9.82. The molecule has 0 spiro atoms. The van der Waals surface area contributed by atoms with Crippen LogP contribution in [0.25, 0.3) is 0 Å². The van der Waals surface area contributed by atoms with Gasteiger partial charge in [0.2, 0.25) is 5.88 Å². The molecule has 26 heavy (non-hydrogen) atoms. The molecule has 2 rings (SSSR count). The van der Waals surface area contributed by atoms with E-state index in [-0.39, 0.29) is 41.4 Å². The first-order valence-corrected chi connectivity index (χ1v) is 7.89. The van der Waals surface area contributed by atoms with Gasteiger partial charge in [-0.1, -0.05) is 25.1 Å². The Morgan fingerprint density at radius 2 is 2.08 bits per heavy atom. The van der Waals surface area contributed by atoms with E-state index in [9.17, 15) is 23.2 Å². The van der Waals surface area contributed by atoms with Gasteiger partial charge >= 0.3 is 12.1 Å². The van der Waals surface area contributed by atoms with E-state index < -0.39 is 23.6 Å². The lowest BCUT2D eigenvalue weighted by molar-refractivity contribution is -0.139. The lowest BCUT2D eigenvalue weighted by Gasteiger charge is -2.28. The summed E-state index contributed by atoms with van der Waals surface area (Å²) in [6.45, 7) is 3.36. The molecule has 1 aromatic carbocycles. The number of carbonyl (C=O) groups excluding carboxylic acids is 1. The molecule has 5 nitrogen and oxygen atoms in total. The predicted molar refractivity (Wildman–Crippen MR) is 86.0 cm³/mol. The second kappa shape index (κ2) is 7.52. The minimum atomic E-state index is -4.56. The van der Waals surface area contributed by atoms with Crippen molar-refractivity contribution in [3.05, 3.63) is 58.2 Å². The van der Waals surface area contributed by atoms with Crippen molar-refractivity contribution in [2.45, 2.75) is 32.4 Å². The quantitative estimate of drug-likeness (QED) is 0.821. The van der Waals surface area contributed by atoms with Crippen molar-refractivity contribution in [3.63, 3.8) is 0 Å². The van der Waals surface area contributed by atoms with Gasteiger partial charge in [-0.25, -0.2) is 4.79 Å². The van der Waals surface area contributed by atoms with Crippen LogP contribution in [-0.4, -0.2) is 12.6 Å². The number of benzene rings is 1. The molecule has 0 unspecified atom stereocenters. The molecular weight excluding hydrogens is 349 g/mol. The highest BCUT2D eigenvalue weighted by Gasteiger charge is 2.38. The SMILES string of the molecule is CCOC(=O)C1=C(CC)OC(N)=C(C#N)[C@@H]1c1cccc(C(F)(F)F)c1. The number of carbonyl (C=O) groups is 1. The van der Waals surface area contributed by atoms with Crippen molar-refractivity contribution in [2.75, 3.05) is 6.61 Å². The van der Waals surface area contributed by atoms with Gasteiger partial charge in [-0.2, -0.15) is 18.4 Å². The van der Waals surface area contributed by atoms with Crippen LogP contribution in [0.2, 0.25) is 0 Å². The van der Waals surface area contributed by atoms with Gasteiger partial charge in [0.05, 0.1) is 23.7 Å². The van der Waals surface area contributed by atoms with Crippen molar-refractivity contribution >= 4 is 5.97 Å². The monoisotopic (exact) mass is 366 g/mol. The second-order valence-corrected chi connectivity index (χ2v) is 5.46. The first-order chi connectivity index (χ1) is 12.2. The average Bonchev–Trinajstić information content (AvgIpc) is 2.60. The lowest BCUT2D eigenvalue weighted by Crippen LogP contribution is -2.26. The minimum absolute atomic E-state index is 0.0144. The Labute approximate surface area is 148 Å². The van der Waals surface area contributed by atoms with E-state index in [1.165, 1.54) is 12.1 Å². The third-order valence-corrected chi connectivity index (χ3v) is 3.86. The molecule has 1 aliphatic rings. The maximum Gasteiger partial charge on any atom is 0.416 e. The van der Waals surface area contributed by atoms with Gasteiger partial charge in [-0.3, -0.25) is 0 Å². The fraction of sp³-hybridized carbons (Fsp3) is 0.333. The molecule has 0 saturated carbocycles. The van der Waals surface area contributed by atoms with Crippen LogP contribution in [-0.2, 0) is 20.4 Å². The molecular formula is C18H17F3N2O3. The van der Waals surface area contributed by atoms with Gasteiger partial charge in [0, 0.05) is 6.42 Å². The molecule has 0 amide bonds. The third kappa shape index (κ3) is 3.67. The first kappa shape index (κ1) is 19.4. The second-order valence-electron chi connectivity index (χ2n) is 5.46. The zero-order chi connectivity index (χ0) is 19.5. The van der Waals surface area contributed by atoms with Crippen molar-refractivity contribution < 1.29 is 27.4 Å². The Hall–Kier alpha value is -2.95. The van der Waals surface area contributed by atoms with Crippen LogP contribution in [0.5, 0.6) is 0 Å². The van der Waals surface area contributed by atoms with Crippen molar-refractivity contribution in [2.24, 2.45) is 5.73 Å². The molecule has 0 fully saturated rings. The molecule has 1 aliphatic heterocycles. The zero-order valence-corrected chi connectivity index (χ0v) is 14.2. The molecule has 0 aliphatic carbocycles. The van der Waals surface area contributed by atoms with E-state index in [1.807, 2.05) is 6.07 Å². The summed E-state index contributed by atoms with van der Waals surface area (Å²) in [6, 6.07) is 6.27. The number of alkyl halides is 3. The van der Waals surface area contributed by atoms with Crippen LogP contribution in [0.1, 0.15) is 37.3 Å². The van der Waals surface area contributed by atoms with Gasteiger partial charge in [-0.05, 0) is 18.6 Å². The molecule has 1 atom stereocenters. The largest absolute Gasteiger partial charge is 0.463 e. The summed E-state index contributed by atoms with van der Waals surface area (Å²) in [4.78, 5) is 12.4. The molecule has 0 radical (unpaired) electrons. The minimum Gasteiger partial charge on any atom is -0.463 e. The summed E-state index contributed by atoms with van der Waals surface area (Å²) in [7, 11) is 0. The van der Waals surface area contributed by atoms with Crippen LogP contribution in [0, 0.1) is 11.3 Å². The Balaban J connectivity index is 2.69. The number of hydrogen-bond acceptors (Lipinski definition) is 5. The molecule has 8 heteroatoms. The van der Waals surface area contributed by atoms with Gasteiger partial charge in [-0.15, -0.1) is 0 Å². The summed E-state index contributed by atoms with van der Waals surface area (Å²) in [5.74, 6) is -1.92. The van der Waals surface area contributed by atoms with E-state index in [2.05, 4.69) is 0 Å². The Bertz CT molecular complexity index is 820. The van der Waals surface area contributed by atoms with E-state index in [1.54, 1.807) is 13.8 Å². The van der Waals surface area contributed by atoms with Crippen LogP contribution >= 0.6 is 0 Å². The molecule has 0 saturated heterocycles. The van der Waals surface area contributed by atoms with Gasteiger partial charge < -0.3 is 15.2 Å². The average molecular weight is 366 g/mol. The Morgan fingerprint density at radius 1 is 1.38 bits per heavy atom. The van der Waals surface area contributed by atoms with E-state index in [0.717, 1.165) is 12.1 Å². The highest BCUT2D eigenvalue weighted by molar-refractivity contribution is 5.92. The predicted octanol–water partition coefficient (Wildman–Crippen LogP) is 3.74. The number of ether oxygens (including phenoxy) is 2. The van der Waals surface area contributed by atoms with Crippen LogP contribution in [0.15, 0.2) is 47.1 Å². The molecule has 0 bridgehead atoms. The van der Waals surface area contributed by atoms with Gasteiger partial charge in [0.1, 0.15) is 17.4 Å². The topological polar surface area (TPSA) is 85.3 Å². The number of halogens is 3. The summed E-state index contributed by atoms with van der Waals surface area (Å²) in [6.07, 6.45) is -4.31. The van der Waals surface area contributed by atoms with E-state index in [4.69, 9.17) is 15.2 Å². The fourth-order valence-electron chi connectivity index (χ4n) is 2.74. The Kier molecular flexibility index (Phi) is 5.60. The smallest absolute Gasteiger partial charge is 0.416 e. The Morgan fingerprint density at radius 3 is 2.62 bits per heavy atom. The summed E-state index contributed by atoms with van der Waals surface area (Å²) in [5, 5.41) is 9.45. The van der Waals surface area contributed by atoms with Crippen LogP contribution < -0.4 is 5.73 Å². The van der Waals surface area contributed by atoms with E-state index in [0.29, 0.717) is 0 Å². The van der Waals surface area contributed by atoms with Crippen molar-refractivity contribution in [1.82, 2.24) is 0 Å². The van der Waals surface area contributed by atoms with Gasteiger partial charge in [0.15, 0.2) is 0 Å². The molecule has 0 aromatic heterocycles. The highest BCUT2D eigenvalue weighted by atomic mass is 19.4. The number of rotatable bonds is 4.